The summed E-state index contributed by atoms with van der Waals surface area (Å²) in [6.07, 6.45) is 8.39. The molecule has 198 valence electrons. The average molecular weight is 540 g/mol. The fourth-order valence-electron chi connectivity index (χ4n) is 2.96. The Hall–Kier alpha value is -1.15. The normalized spacial score (nSPS) is 14.5. The lowest BCUT2D eigenvalue weighted by molar-refractivity contribution is -0.142. The van der Waals surface area contributed by atoms with E-state index in [2.05, 4.69) is 16.0 Å². The first-order valence-corrected chi connectivity index (χ1v) is 15.5. The number of nitrogens with two attached hydrogens (primary N) is 2. The topological polar surface area (TPSA) is 177 Å². The second kappa shape index (κ2) is 20.1. The molecule has 0 aromatic heterocycles. The number of carbonyl (C=O) groups is 4. The first-order chi connectivity index (χ1) is 16.2. The molecule has 0 saturated carbocycles. The maximum Gasteiger partial charge on any atom is 0.326 e. The molecule has 13 heteroatoms. The minimum absolute atomic E-state index is 0.275. The fourth-order valence-corrected chi connectivity index (χ4v) is 4.39. The Bertz CT molecular complexity index is 630. The van der Waals surface area contributed by atoms with E-state index in [-0.39, 0.29) is 6.42 Å². The molecule has 0 rings (SSSR count). The van der Waals surface area contributed by atoms with Crippen molar-refractivity contribution in [2.24, 2.45) is 11.5 Å². The van der Waals surface area contributed by atoms with Crippen molar-refractivity contribution in [2.45, 2.75) is 62.7 Å². The number of unbranched alkanes of at least 4 members (excludes halogenated alkanes) is 1. The number of carboxylic acids is 1. The minimum Gasteiger partial charge on any atom is -0.480 e. The maximum absolute atomic E-state index is 13.1. The molecule has 34 heavy (non-hydrogen) atoms. The van der Waals surface area contributed by atoms with Crippen LogP contribution in [0.2, 0.25) is 0 Å². The number of hydrogen-bond donors (Lipinski definition) is 6. The smallest absolute Gasteiger partial charge is 0.326 e. The Morgan fingerprint density at radius 3 is 1.65 bits per heavy atom. The predicted molar refractivity (Wildman–Crippen MR) is 143 cm³/mol. The van der Waals surface area contributed by atoms with Crippen molar-refractivity contribution < 1.29 is 24.3 Å². The molecule has 8 N–H and O–H groups in total. The molecule has 0 aliphatic rings. The van der Waals surface area contributed by atoms with E-state index in [1.165, 1.54) is 23.5 Å². The van der Waals surface area contributed by atoms with Gasteiger partial charge in [-0.05, 0) is 81.1 Å². The first-order valence-electron chi connectivity index (χ1n) is 11.3. The summed E-state index contributed by atoms with van der Waals surface area (Å²) in [5, 5.41) is 17.4. The van der Waals surface area contributed by atoms with Crippen LogP contribution in [-0.4, -0.2) is 95.5 Å². The third kappa shape index (κ3) is 14.3. The van der Waals surface area contributed by atoms with Gasteiger partial charge in [0.15, 0.2) is 0 Å². The quantitative estimate of drug-likeness (QED) is 0.117. The van der Waals surface area contributed by atoms with Gasteiger partial charge in [0.25, 0.3) is 0 Å². The van der Waals surface area contributed by atoms with Crippen LogP contribution in [-0.2, 0) is 19.2 Å². The Morgan fingerprint density at radius 2 is 1.15 bits per heavy atom. The van der Waals surface area contributed by atoms with E-state index in [4.69, 9.17) is 11.5 Å². The fraction of sp³-hybridized carbons (Fsp3) is 0.810. The monoisotopic (exact) mass is 539 g/mol. The molecule has 0 aliphatic heterocycles. The zero-order chi connectivity index (χ0) is 25.9. The summed E-state index contributed by atoms with van der Waals surface area (Å²) in [5.74, 6) is -0.718. The summed E-state index contributed by atoms with van der Waals surface area (Å²) < 4.78 is 0. The highest BCUT2D eigenvalue weighted by Gasteiger charge is 2.29. The van der Waals surface area contributed by atoms with Crippen molar-refractivity contribution >= 4 is 59.0 Å². The Balaban J connectivity index is 5.37. The highest BCUT2D eigenvalue weighted by atomic mass is 32.2. The number of nitrogens with one attached hydrogen (secondary N) is 3. The van der Waals surface area contributed by atoms with Gasteiger partial charge in [-0.2, -0.15) is 35.3 Å². The van der Waals surface area contributed by atoms with Crippen LogP contribution in [0.5, 0.6) is 0 Å². The van der Waals surface area contributed by atoms with Crippen molar-refractivity contribution in [3.8, 4) is 0 Å². The molecule has 0 bridgehead atoms. The van der Waals surface area contributed by atoms with E-state index in [9.17, 15) is 24.3 Å². The average Bonchev–Trinajstić information content (AvgIpc) is 2.81. The molecule has 0 radical (unpaired) electrons. The molecule has 10 nitrogen and oxygen atoms in total. The lowest BCUT2D eigenvalue weighted by atomic mass is 10.1. The van der Waals surface area contributed by atoms with Crippen molar-refractivity contribution in [1.82, 2.24) is 16.0 Å². The summed E-state index contributed by atoms with van der Waals surface area (Å²) in [5.41, 5.74) is 11.5. The van der Waals surface area contributed by atoms with Crippen LogP contribution < -0.4 is 27.4 Å². The second-order valence-corrected chi connectivity index (χ2v) is 10.7. The molecular formula is C21H41N5O5S3. The third-order valence-electron chi connectivity index (χ3n) is 5.02. The van der Waals surface area contributed by atoms with Crippen LogP contribution in [0.25, 0.3) is 0 Å². The Kier molecular flexibility index (Phi) is 19.4. The summed E-state index contributed by atoms with van der Waals surface area (Å²) in [7, 11) is 0. The molecular weight excluding hydrogens is 498 g/mol. The van der Waals surface area contributed by atoms with Gasteiger partial charge < -0.3 is 32.5 Å². The van der Waals surface area contributed by atoms with Crippen LogP contribution in [0, 0.1) is 0 Å². The van der Waals surface area contributed by atoms with Crippen LogP contribution in [0.4, 0.5) is 0 Å². The largest absolute Gasteiger partial charge is 0.480 e. The molecule has 0 saturated heterocycles. The standard InChI is InChI=1S/C21H41N5O5S3/c1-32-11-7-14(23)18(27)24-15(6-4-5-10-22)19(28)25-16(8-12-33-2)20(29)26-17(21(30)31)9-13-34-3/h14-17H,4-13,22-23H2,1-3H3,(H,24,27)(H,25,28)(H,26,29)(H,30,31). The molecule has 3 amide bonds. The third-order valence-corrected chi connectivity index (χ3v) is 6.95. The molecule has 0 aromatic rings. The number of carbonyl (C=O) groups excluding carboxylic acids is 3. The van der Waals surface area contributed by atoms with Crippen molar-refractivity contribution in [3.63, 3.8) is 0 Å². The molecule has 0 spiro atoms. The lowest BCUT2D eigenvalue weighted by Gasteiger charge is -2.25. The van der Waals surface area contributed by atoms with Crippen molar-refractivity contribution in [2.75, 3.05) is 42.6 Å². The Morgan fingerprint density at radius 1 is 0.706 bits per heavy atom. The van der Waals surface area contributed by atoms with Crippen molar-refractivity contribution in [3.05, 3.63) is 0 Å². The first kappa shape index (κ1) is 32.8. The van der Waals surface area contributed by atoms with Crippen LogP contribution in [0.3, 0.4) is 0 Å². The summed E-state index contributed by atoms with van der Waals surface area (Å²) in [6, 6.07) is -3.56. The molecule has 0 fully saturated rings. The predicted octanol–water partition coefficient (Wildman–Crippen LogP) is 0.241. The number of rotatable bonds is 20. The number of hydrogen-bond acceptors (Lipinski definition) is 9. The number of carboxylic acid groups (broad SMARTS) is 1. The van der Waals surface area contributed by atoms with Gasteiger partial charge in [0.2, 0.25) is 17.7 Å². The van der Waals surface area contributed by atoms with Crippen LogP contribution in [0.1, 0.15) is 38.5 Å². The van der Waals surface area contributed by atoms with E-state index >= 15 is 0 Å². The second-order valence-electron chi connectivity index (χ2n) is 7.76. The molecule has 0 heterocycles. The van der Waals surface area contributed by atoms with Gasteiger partial charge in [-0.15, -0.1) is 0 Å². The molecule has 0 aromatic carbocycles. The van der Waals surface area contributed by atoms with Gasteiger partial charge in [-0.3, -0.25) is 14.4 Å². The van der Waals surface area contributed by atoms with E-state index in [0.717, 1.165) is 5.75 Å². The molecule has 4 unspecified atom stereocenters. The summed E-state index contributed by atoms with van der Waals surface area (Å²) in [4.78, 5) is 50.0. The Labute approximate surface area is 215 Å². The molecule has 4 atom stereocenters. The van der Waals surface area contributed by atoms with E-state index < -0.39 is 47.9 Å². The minimum atomic E-state index is -1.12. The number of thioether (sulfide) groups is 3. The van der Waals surface area contributed by atoms with Gasteiger partial charge in [0.1, 0.15) is 18.1 Å². The zero-order valence-electron chi connectivity index (χ0n) is 20.3. The van der Waals surface area contributed by atoms with E-state index in [0.29, 0.717) is 50.2 Å². The van der Waals surface area contributed by atoms with Gasteiger partial charge in [0, 0.05) is 0 Å². The summed E-state index contributed by atoms with van der Waals surface area (Å²) >= 11 is 4.57. The van der Waals surface area contributed by atoms with Crippen LogP contribution >= 0.6 is 35.3 Å². The van der Waals surface area contributed by atoms with Crippen LogP contribution in [0.15, 0.2) is 0 Å². The van der Waals surface area contributed by atoms with Gasteiger partial charge in [0.05, 0.1) is 6.04 Å². The van der Waals surface area contributed by atoms with Gasteiger partial charge in [-0.25, -0.2) is 4.79 Å². The van der Waals surface area contributed by atoms with Crippen molar-refractivity contribution in [1.29, 1.82) is 0 Å². The number of amides is 3. The highest BCUT2D eigenvalue weighted by Crippen LogP contribution is 2.08. The zero-order valence-corrected chi connectivity index (χ0v) is 22.8. The van der Waals surface area contributed by atoms with E-state index in [1.807, 2.05) is 18.8 Å². The number of aliphatic carboxylic acids is 1. The van der Waals surface area contributed by atoms with E-state index in [1.54, 1.807) is 11.8 Å². The lowest BCUT2D eigenvalue weighted by Crippen LogP contribution is -2.57. The SMILES string of the molecule is CSCCC(N)C(=O)NC(CCCCN)C(=O)NC(CCSC)C(=O)NC(CCSC)C(=O)O. The summed E-state index contributed by atoms with van der Waals surface area (Å²) in [6.45, 7) is 0.459. The maximum atomic E-state index is 13.1. The van der Waals surface area contributed by atoms with Gasteiger partial charge >= 0.3 is 5.97 Å². The highest BCUT2D eigenvalue weighted by molar-refractivity contribution is 7.98. The molecule has 0 aliphatic carbocycles. The van der Waals surface area contributed by atoms with Gasteiger partial charge in [-0.1, -0.05) is 0 Å².